The molecule has 134 valence electrons. The number of benzene rings is 2. The molecule has 2 amide bonds. The number of hydrogen-bond acceptors (Lipinski definition) is 4. The Labute approximate surface area is 151 Å². The van der Waals surface area contributed by atoms with Crippen molar-refractivity contribution < 1.29 is 19.1 Å². The molecule has 2 bridgehead atoms. The first-order chi connectivity index (χ1) is 12.6. The van der Waals surface area contributed by atoms with Crippen LogP contribution in [0.15, 0.2) is 48.5 Å². The zero-order chi connectivity index (χ0) is 18.3. The topological polar surface area (TPSA) is 59.1 Å². The molecule has 2 atom stereocenters. The molecule has 4 rings (SSSR count). The lowest BCUT2D eigenvalue weighted by molar-refractivity contribution is -0.122. The van der Waals surface area contributed by atoms with Gasteiger partial charge in [-0.15, -0.1) is 0 Å². The molecule has 2 aromatic carbocycles. The molecule has 2 unspecified atom stereocenters. The highest BCUT2D eigenvalue weighted by Gasteiger charge is 2.44. The Balaban J connectivity index is 1.64. The number of amides is 2. The zero-order valence-electron chi connectivity index (χ0n) is 14.7. The van der Waals surface area contributed by atoms with Gasteiger partial charge in [0, 0.05) is 19.0 Å². The number of methoxy groups -OCH3 is 1. The minimum absolute atomic E-state index is 0.0925. The van der Waals surface area contributed by atoms with Crippen LogP contribution in [0.2, 0.25) is 0 Å². The number of likely N-dealkylation sites (N-methyl/N-ethyl adjacent to an activating group) is 1. The lowest BCUT2D eigenvalue weighted by Crippen LogP contribution is -2.46. The number of para-hydroxylation sites is 2. The Kier molecular flexibility index (Phi) is 4.03. The van der Waals surface area contributed by atoms with Gasteiger partial charge in [0.2, 0.25) is 5.91 Å². The number of carbonyl (C=O) groups is 2. The van der Waals surface area contributed by atoms with Crippen molar-refractivity contribution in [3.63, 3.8) is 0 Å². The third-order valence-corrected chi connectivity index (χ3v) is 5.00. The third-order valence-electron chi connectivity index (χ3n) is 5.00. The largest absolute Gasteiger partial charge is 0.497 e. The summed E-state index contributed by atoms with van der Waals surface area (Å²) in [5.41, 5.74) is 1.26. The number of likely N-dealkylation sites (tertiary alicyclic amines) is 1. The average Bonchev–Trinajstić information content (AvgIpc) is 3.11. The predicted molar refractivity (Wildman–Crippen MR) is 96.7 cm³/mol. The van der Waals surface area contributed by atoms with Crippen LogP contribution in [-0.2, 0) is 4.79 Å². The minimum atomic E-state index is -0.520. The fraction of sp³-hybridized carbons (Fsp3) is 0.300. The number of hydrogen-bond donors (Lipinski definition) is 0. The molecular formula is C20H20N2O4. The van der Waals surface area contributed by atoms with Crippen molar-refractivity contribution in [3.05, 3.63) is 54.1 Å². The van der Waals surface area contributed by atoms with Gasteiger partial charge in [-0.25, -0.2) is 0 Å². The van der Waals surface area contributed by atoms with Crippen molar-refractivity contribution in [2.45, 2.75) is 18.6 Å². The van der Waals surface area contributed by atoms with Crippen molar-refractivity contribution in [3.8, 4) is 11.5 Å². The number of carbonyl (C=O) groups excluding carboxylic acids is 2. The van der Waals surface area contributed by atoms with Gasteiger partial charge in [0.1, 0.15) is 23.6 Å². The first-order valence-corrected chi connectivity index (χ1v) is 8.57. The lowest BCUT2D eigenvalue weighted by atomic mass is 10.1. The van der Waals surface area contributed by atoms with Gasteiger partial charge in [0.15, 0.2) is 0 Å². The molecule has 2 heterocycles. The van der Waals surface area contributed by atoms with Crippen LogP contribution in [0.4, 0.5) is 5.69 Å². The summed E-state index contributed by atoms with van der Waals surface area (Å²) in [5, 5.41) is 0. The maximum absolute atomic E-state index is 13.0. The van der Waals surface area contributed by atoms with Crippen molar-refractivity contribution in [1.82, 2.24) is 4.90 Å². The van der Waals surface area contributed by atoms with Crippen LogP contribution in [0.25, 0.3) is 0 Å². The van der Waals surface area contributed by atoms with Crippen molar-refractivity contribution in [2.75, 3.05) is 25.6 Å². The number of nitrogens with zero attached hydrogens (tertiary/aromatic N) is 2. The summed E-state index contributed by atoms with van der Waals surface area (Å²) in [5.74, 6) is 1.09. The van der Waals surface area contributed by atoms with Crippen molar-refractivity contribution in [1.29, 1.82) is 0 Å². The van der Waals surface area contributed by atoms with Crippen LogP contribution in [0.5, 0.6) is 11.5 Å². The van der Waals surface area contributed by atoms with Gasteiger partial charge in [0.25, 0.3) is 5.91 Å². The van der Waals surface area contributed by atoms with Gasteiger partial charge < -0.3 is 19.3 Å². The highest BCUT2D eigenvalue weighted by Crippen LogP contribution is 2.35. The fourth-order valence-corrected chi connectivity index (χ4v) is 3.60. The third kappa shape index (κ3) is 2.67. The van der Waals surface area contributed by atoms with E-state index < -0.39 is 6.04 Å². The van der Waals surface area contributed by atoms with E-state index >= 15 is 0 Å². The second-order valence-corrected chi connectivity index (χ2v) is 6.54. The van der Waals surface area contributed by atoms with E-state index in [1.165, 1.54) is 0 Å². The molecule has 0 N–H and O–H groups in total. The summed E-state index contributed by atoms with van der Waals surface area (Å²) < 4.78 is 11.2. The summed E-state index contributed by atoms with van der Waals surface area (Å²) >= 11 is 0. The van der Waals surface area contributed by atoms with E-state index in [0.717, 1.165) is 5.69 Å². The Morgan fingerprint density at radius 1 is 1.15 bits per heavy atom. The molecule has 6 nitrogen and oxygen atoms in total. The highest BCUT2D eigenvalue weighted by atomic mass is 16.5. The van der Waals surface area contributed by atoms with Crippen molar-refractivity contribution in [2.24, 2.45) is 0 Å². The maximum Gasteiger partial charge on any atom is 0.254 e. The molecule has 1 saturated heterocycles. The first-order valence-electron chi connectivity index (χ1n) is 8.57. The van der Waals surface area contributed by atoms with Gasteiger partial charge in [0.05, 0.1) is 19.3 Å². The summed E-state index contributed by atoms with van der Waals surface area (Å²) in [7, 11) is 3.30. The fourth-order valence-electron chi connectivity index (χ4n) is 3.60. The number of fused-ring (bicyclic) bond motifs is 3. The molecule has 0 spiro atoms. The second-order valence-electron chi connectivity index (χ2n) is 6.54. The highest BCUT2D eigenvalue weighted by molar-refractivity contribution is 6.03. The average molecular weight is 352 g/mol. The van der Waals surface area contributed by atoms with E-state index in [4.69, 9.17) is 9.47 Å². The van der Waals surface area contributed by atoms with Crippen LogP contribution in [0.3, 0.4) is 0 Å². The molecule has 26 heavy (non-hydrogen) atoms. The molecule has 0 saturated carbocycles. The number of ether oxygens (including phenoxy) is 2. The van der Waals surface area contributed by atoms with Crippen LogP contribution in [0.1, 0.15) is 16.8 Å². The van der Waals surface area contributed by atoms with Crippen LogP contribution in [-0.4, -0.2) is 49.6 Å². The summed E-state index contributed by atoms with van der Waals surface area (Å²) in [4.78, 5) is 29.2. The number of rotatable bonds is 2. The van der Waals surface area contributed by atoms with Crippen LogP contribution < -0.4 is 14.4 Å². The molecule has 6 heteroatoms. The maximum atomic E-state index is 13.0. The molecule has 0 aromatic heterocycles. The quantitative estimate of drug-likeness (QED) is 0.832. The summed E-state index contributed by atoms with van der Waals surface area (Å²) in [6.07, 6.45) is 0.306. The van der Waals surface area contributed by atoms with E-state index in [1.807, 2.05) is 24.3 Å². The standard InChI is InChI=1S/C20H20N2O4/c1-21-16-5-3-4-6-18(16)26-15-11-17(20(21)24)22(12-15)19(23)13-7-9-14(25-2)10-8-13/h3-10,15,17H,11-12H2,1-2H3. The zero-order valence-corrected chi connectivity index (χ0v) is 14.7. The molecule has 0 radical (unpaired) electrons. The van der Waals surface area contributed by atoms with Gasteiger partial charge in [-0.2, -0.15) is 0 Å². The van der Waals surface area contributed by atoms with E-state index in [9.17, 15) is 9.59 Å². The van der Waals surface area contributed by atoms with Gasteiger partial charge in [-0.1, -0.05) is 12.1 Å². The summed E-state index contributed by atoms with van der Waals surface area (Å²) in [6.45, 7) is 0.392. The van der Waals surface area contributed by atoms with E-state index in [0.29, 0.717) is 30.0 Å². The molecule has 2 aliphatic rings. The monoisotopic (exact) mass is 352 g/mol. The smallest absolute Gasteiger partial charge is 0.254 e. The van der Waals surface area contributed by atoms with Gasteiger partial charge >= 0.3 is 0 Å². The normalized spacial score (nSPS) is 21.5. The Morgan fingerprint density at radius 3 is 2.62 bits per heavy atom. The Morgan fingerprint density at radius 2 is 1.88 bits per heavy atom. The molecular weight excluding hydrogens is 332 g/mol. The van der Waals surface area contributed by atoms with Crippen LogP contribution >= 0.6 is 0 Å². The van der Waals surface area contributed by atoms with Crippen LogP contribution in [0, 0.1) is 0 Å². The van der Waals surface area contributed by atoms with E-state index in [1.54, 1.807) is 48.2 Å². The van der Waals surface area contributed by atoms with E-state index in [-0.39, 0.29) is 17.9 Å². The van der Waals surface area contributed by atoms with Gasteiger partial charge in [-0.3, -0.25) is 9.59 Å². The van der Waals surface area contributed by atoms with Gasteiger partial charge in [-0.05, 0) is 36.4 Å². The molecule has 2 aliphatic heterocycles. The Hall–Kier alpha value is -3.02. The Bertz CT molecular complexity index is 849. The number of anilines is 1. The van der Waals surface area contributed by atoms with E-state index in [2.05, 4.69) is 0 Å². The SMILES string of the molecule is COc1ccc(C(=O)N2CC3CC2C(=O)N(C)c2ccccc2O3)cc1. The first kappa shape index (κ1) is 16.4. The van der Waals surface area contributed by atoms with Crippen molar-refractivity contribution >= 4 is 17.5 Å². The molecule has 1 fully saturated rings. The molecule has 0 aliphatic carbocycles. The predicted octanol–water partition coefficient (Wildman–Crippen LogP) is 2.33. The minimum Gasteiger partial charge on any atom is -0.497 e. The lowest BCUT2D eigenvalue weighted by Gasteiger charge is -2.29. The molecule has 2 aromatic rings. The summed E-state index contributed by atoms with van der Waals surface area (Å²) in [6, 6.07) is 13.9. The second kappa shape index (κ2) is 6.37.